The summed E-state index contributed by atoms with van der Waals surface area (Å²) in [6, 6.07) is 0. The molecule has 0 radical (unpaired) electrons. The number of hydrogen-bond acceptors (Lipinski definition) is 3. The monoisotopic (exact) mass is 146 g/mol. The van der Waals surface area contributed by atoms with Gasteiger partial charge in [-0.1, -0.05) is 0 Å². The molecule has 1 rings (SSSR count). The van der Waals surface area contributed by atoms with E-state index in [1.165, 1.54) is 0 Å². The quantitative estimate of drug-likeness (QED) is 0.347. The van der Waals surface area contributed by atoms with E-state index in [1.54, 1.807) is 0 Å². The van der Waals surface area contributed by atoms with E-state index in [0.29, 0.717) is 0 Å². The summed E-state index contributed by atoms with van der Waals surface area (Å²) in [4.78, 5) is 0. The molecule has 1 aliphatic heterocycles. The van der Waals surface area contributed by atoms with Crippen LogP contribution in [-0.2, 0) is 31.4 Å². The Bertz CT molecular complexity index is 11.2. The first-order chi connectivity index (χ1) is 2.00. The molecule has 1 heterocycles. The van der Waals surface area contributed by atoms with Crippen LogP contribution in [0.1, 0.15) is 0 Å². The summed E-state index contributed by atoms with van der Waals surface area (Å²) < 4.78 is 8.26. The van der Waals surface area contributed by atoms with Gasteiger partial charge in [0.15, 0.2) is 0 Å². The Kier molecular flexibility index (Phi) is 0.786. The Labute approximate surface area is 32.1 Å². The summed E-state index contributed by atoms with van der Waals surface area (Å²) in [7, 11) is 0. The summed E-state index contributed by atoms with van der Waals surface area (Å²) in [5.74, 6) is 0. The summed E-state index contributed by atoms with van der Waals surface area (Å²) in [5.41, 5.74) is 0. The van der Waals surface area contributed by atoms with Crippen LogP contribution in [-0.4, -0.2) is 0 Å². The van der Waals surface area contributed by atoms with Crippen LogP contribution >= 0.6 is 0 Å². The van der Waals surface area contributed by atoms with Gasteiger partial charge in [0.05, 0.1) is 0 Å². The molecule has 1 saturated heterocycles. The Morgan fingerprint density at radius 3 is 1.50 bits per heavy atom. The maximum absolute atomic E-state index is 4.13. The van der Waals surface area contributed by atoms with Gasteiger partial charge in [0.2, 0.25) is 0 Å². The van der Waals surface area contributed by atoms with E-state index < -0.39 is 19.3 Å². The van der Waals surface area contributed by atoms with Gasteiger partial charge in [-0.2, -0.15) is 0 Å². The van der Waals surface area contributed by atoms with Crippen LogP contribution in [0.25, 0.3) is 0 Å². The van der Waals surface area contributed by atoms with Gasteiger partial charge in [0.25, 0.3) is 0 Å². The van der Waals surface area contributed by atoms with Crippen molar-refractivity contribution in [1.82, 2.24) is 0 Å². The molecular formula is MoO3. The molecule has 4 heteroatoms. The zero-order valence-corrected chi connectivity index (χ0v) is 3.64. The van der Waals surface area contributed by atoms with Crippen LogP contribution in [0.4, 0.5) is 0 Å². The van der Waals surface area contributed by atoms with Crippen molar-refractivity contribution >= 4 is 0 Å². The third-order valence-electron chi connectivity index (χ3n) is 0.111. The van der Waals surface area contributed by atoms with Crippen molar-refractivity contribution in [3.8, 4) is 0 Å². The van der Waals surface area contributed by atoms with Crippen molar-refractivity contribution in [2.45, 2.75) is 0 Å². The van der Waals surface area contributed by atoms with Gasteiger partial charge in [-0.05, 0) is 0 Å². The molecule has 0 unspecified atom stereocenters. The zero-order chi connectivity index (χ0) is 2.83. The van der Waals surface area contributed by atoms with Gasteiger partial charge >= 0.3 is 31.4 Å². The second kappa shape index (κ2) is 1.13. The van der Waals surface area contributed by atoms with Gasteiger partial charge < -0.3 is 0 Å². The second-order valence-electron chi connectivity index (χ2n) is 0.272. The van der Waals surface area contributed by atoms with E-state index in [9.17, 15) is 0 Å². The van der Waals surface area contributed by atoms with Crippen LogP contribution < -0.4 is 0 Å². The minimum atomic E-state index is -0.560. The van der Waals surface area contributed by atoms with Gasteiger partial charge in [-0.15, -0.1) is 0 Å². The topological polar surface area (TPSA) is 27.7 Å². The van der Waals surface area contributed by atoms with Gasteiger partial charge in [-0.3, -0.25) is 0 Å². The van der Waals surface area contributed by atoms with Crippen molar-refractivity contribution < 1.29 is 31.4 Å². The van der Waals surface area contributed by atoms with Gasteiger partial charge in [-0.25, -0.2) is 0 Å². The molecule has 3 nitrogen and oxygen atoms in total. The Balaban J connectivity index is 2.00. The summed E-state index contributed by atoms with van der Waals surface area (Å²) in [5, 5.41) is 3.78. The average molecular weight is 144 g/mol. The molecule has 0 amide bonds. The van der Waals surface area contributed by atoms with E-state index in [-0.39, 0.29) is 0 Å². The molecule has 0 aromatic rings. The van der Waals surface area contributed by atoms with E-state index in [1.807, 2.05) is 0 Å². The molecule has 1 aliphatic rings. The molecule has 0 N–H and O–H groups in total. The normalized spacial score (nSPS) is 24.0. The standard InChI is InChI=1S/Mo.H2O3/c;1-3-2/h;1-2H/q+2;/p-2. The summed E-state index contributed by atoms with van der Waals surface area (Å²) in [6.45, 7) is 0. The van der Waals surface area contributed by atoms with Gasteiger partial charge in [0.1, 0.15) is 0 Å². The first kappa shape index (κ1) is 2.79. The van der Waals surface area contributed by atoms with Crippen molar-refractivity contribution in [1.29, 1.82) is 0 Å². The van der Waals surface area contributed by atoms with Crippen LogP contribution in [0.15, 0.2) is 0 Å². The van der Waals surface area contributed by atoms with Crippen LogP contribution in [0.5, 0.6) is 0 Å². The molecule has 0 bridgehead atoms. The molecule has 0 spiro atoms. The minimum absolute atomic E-state index is 0.560. The first-order valence-electron chi connectivity index (χ1n) is 0.667. The van der Waals surface area contributed by atoms with Crippen molar-refractivity contribution in [2.24, 2.45) is 0 Å². The van der Waals surface area contributed by atoms with Crippen molar-refractivity contribution in [3.63, 3.8) is 0 Å². The predicted molar refractivity (Wildman–Crippen MR) is 3.25 cm³/mol. The molecule has 0 saturated carbocycles. The fourth-order valence-corrected chi connectivity index (χ4v) is 0.164. The first-order valence-corrected chi connectivity index (χ1v) is 2.31. The number of hydrogen-bond donors (Lipinski definition) is 0. The average Bonchev–Trinajstić information content (AvgIpc) is 0.722. The molecule has 4 heavy (non-hydrogen) atoms. The molecule has 0 aliphatic carbocycles. The fourth-order valence-electron chi connectivity index (χ4n) is 0.0278. The molecular weight excluding hydrogens is 144 g/mol. The third-order valence-corrected chi connectivity index (χ3v) is 0.657. The van der Waals surface area contributed by atoms with Crippen LogP contribution in [0.3, 0.4) is 0 Å². The Hall–Kier alpha value is 0.568. The molecule has 1 fully saturated rings. The second-order valence-corrected chi connectivity index (χ2v) is 1.28. The molecule has 24 valence electrons. The van der Waals surface area contributed by atoms with Crippen molar-refractivity contribution in [3.05, 3.63) is 0 Å². The maximum atomic E-state index is 4.13. The molecule has 0 aromatic carbocycles. The van der Waals surface area contributed by atoms with Crippen LogP contribution in [0, 0.1) is 0 Å². The summed E-state index contributed by atoms with van der Waals surface area (Å²) >= 11 is -0.560. The van der Waals surface area contributed by atoms with E-state index in [0.717, 1.165) is 0 Å². The van der Waals surface area contributed by atoms with E-state index in [2.05, 4.69) is 12.1 Å². The number of rotatable bonds is 0. The van der Waals surface area contributed by atoms with E-state index in [4.69, 9.17) is 0 Å². The predicted octanol–water partition coefficient (Wildman–Crippen LogP) is -0.208. The third kappa shape index (κ3) is 0.303. The SMILES string of the molecule is O1[O][Mo][O]1. The summed E-state index contributed by atoms with van der Waals surface area (Å²) in [6.07, 6.45) is 0. The van der Waals surface area contributed by atoms with E-state index >= 15 is 0 Å². The van der Waals surface area contributed by atoms with Crippen LogP contribution in [0.2, 0.25) is 0 Å². The molecule has 0 atom stereocenters. The van der Waals surface area contributed by atoms with Gasteiger partial charge in [0, 0.05) is 0 Å². The Morgan fingerprint density at radius 1 is 1.25 bits per heavy atom. The molecule has 0 aromatic heterocycles. The fraction of sp³-hybridized carbons (Fsp3) is 0. The Morgan fingerprint density at radius 2 is 1.50 bits per heavy atom. The van der Waals surface area contributed by atoms with Crippen molar-refractivity contribution in [2.75, 3.05) is 0 Å². The zero-order valence-electron chi connectivity index (χ0n) is 1.63.